The lowest BCUT2D eigenvalue weighted by Crippen LogP contribution is -2.10. The van der Waals surface area contributed by atoms with E-state index in [4.69, 9.17) is 0 Å². The molecule has 0 bridgehead atoms. The molecular formula is C4H6INO2. The zero-order valence-electron chi connectivity index (χ0n) is 4.19. The minimum absolute atomic E-state index is 0.0994. The maximum Gasteiger partial charge on any atom is 0.229 e. The molecule has 0 radical (unpaired) electrons. The normalized spacial score (nSPS) is 8.12. The van der Waals surface area contributed by atoms with Crippen LogP contribution in [0, 0.1) is 0 Å². The van der Waals surface area contributed by atoms with Crippen LogP contribution < -0.4 is 3.53 Å². The zero-order valence-corrected chi connectivity index (χ0v) is 6.34. The maximum absolute atomic E-state index is 10.3. The van der Waals surface area contributed by atoms with Crippen LogP contribution in [0.3, 0.4) is 0 Å². The molecule has 0 saturated carbocycles. The molecule has 0 aromatic carbocycles. The first-order chi connectivity index (χ1) is 3.81. The zero-order chi connectivity index (χ0) is 6.41. The smallest absolute Gasteiger partial charge is 0.229 e. The van der Waals surface area contributed by atoms with Gasteiger partial charge in [0.05, 0.1) is 22.9 Å². The summed E-state index contributed by atoms with van der Waals surface area (Å²) in [5, 5.41) is 0. The molecule has 8 heavy (non-hydrogen) atoms. The van der Waals surface area contributed by atoms with Gasteiger partial charge in [-0.3, -0.25) is 8.32 Å². The van der Waals surface area contributed by atoms with Gasteiger partial charge in [0.25, 0.3) is 0 Å². The van der Waals surface area contributed by atoms with Crippen LogP contribution in [0.1, 0.15) is 12.8 Å². The number of hydrogen-bond acceptors (Lipinski definition) is 2. The van der Waals surface area contributed by atoms with Crippen molar-refractivity contribution in [1.82, 2.24) is 3.53 Å². The van der Waals surface area contributed by atoms with Gasteiger partial charge < -0.3 is 4.79 Å². The molecule has 1 amide bonds. The fourth-order valence-electron chi connectivity index (χ4n) is 0.237. The van der Waals surface area contributed by atoms with Gasteiger partial charge in [0.2, 0.25) is 5.91 Å². The van der Waals surface area contributed by atoms with Crippen molar-refractivity contribution in [1.29, 1.82) is 0 Å². The van der Waals surface area contributed by atoms with Gasteiger partial charge in [-0.1, -0.05) is 0 Å². The first kappa shape index (κ1) is 7.87. The van der Waals surface area contributed by atoms with Crippen molar-refractivity contribution in [3.63, 3.8) is 0 Å². The summed E-state index contributed by atoms with van der Waals surface area (Å²) in [5.74, 6) is -0.0994. The summed E-state index contributed by atoms with van der Waals surface area (Å²) in [6, 6.07) is 0. The van der Waals surface area contributed by atoms with Gasteiger partial charge in [-0.15, -0.1) is 0 Å². The Morgan fingerprint density at radius 2 is 2.38 bits per heavy atom. The molecule has 4 heteroatoms. The molecule has 0 spiro atoms. The Bertz CT molecular complexity index is 94.0. The van der Waals surface area contributed by atoms with Crippen LogP contribution in [0.5, 0.6) is 0 Å². The molecule has 1 N–H and O–H groups in total. The standard InChI is InChI=1S/C4H6INO2/c5-6-4(8)2-1-3-7/h3H,1-2H2,(H,6,8). The summed E-state index contributed by atoms with van der Waals surface area (Å²) >= 11 is 1.74. The number of aldehydes is 1. The van der Waals surface area contributed by atoms with Crippen LogP contribution in [0.15, 0.2) is 0 Å². The Labute approximate surface area is 61.3 Å². The van der Waals surface area contributed by atoms with Crippen LogP contribution in [0.25, 0.3) is 0 Å². The Hall–Kier alpha value is -0.130. The number of nitrogens with one attached hydrogen (secondary N) is 1. The number of amides is 1. The van der Waals surface area contributed by atoms with Crippen molar-refractivity contribution in [2.24, 2.45) is 0 Å². The van der Waals surface area contributed by atoms with Crippen LogP contribution in [0.4, 0.5) is 0 Å². The molecule has 0 aliphatic heterocycles. The quantitative estimate of drug-likeness (QED) is 0.431. The molecule has 0 heterocycles. The lowest BCUT2D eigenvalue weighted by molar-refractivity contribution is -0.120. The highest BCUT2D eigenvalue weighted by molar-refractivity contribution is 14.1. The Kier molecular flexibility index (Phi) is 4.93. The van der Waals surface area contributed by atoms with E-state index in [1.54, 1.807) is 22.9 Å². The van der Waals surface area contributed by atoms with E-state index in [1.165, 1.54) is 0 Å². The monoisotopic (exact) mass is 227 g/mol. The van der Waals surface area contributed by atoms with Crippen LogP contribution >= 0.6 is 22.9 Å². The molecule has 0 saturated heterocycles. The number of carbonyl (C=O) groups is 2. The fourth-order valence-corrected chi connectivity index (χ4v) is 0.507. The minimum Gasteiger partial charge on any atom is -0.303 e. The van der Waals surface area contributed by atoms with Gasteiger partial charge in [-0.25, -0.2) is 0 Å². The van der Waals surface area contributed by atoms with Crippen molar-refractivity contribution in [3.05, 3.63) is 0 Å². The molecule has 0 fully saturated rings. The average molecular weight is 227 g/mol. The minimum atomic E-state index is -0.0994. The average Bonchev–Trinajstić information content (AvgIpc) is 1.83. The van der Waals surface area contributed by atoms with Gasteiger partial charge in [-0.05, 0) is 0 Å². The summed E-state index contributed by atoms with van der Waals surface area (Å²) in [6.07, 6.45) is 1.34. The second-order valence-electron chi connectivity index (χ2n) is 1.22. The van der Waals surface area contributed by atoms with Crippen molar-refractivity contribution >= 4 is 35.1 Å². The van der Waals surface area contributed by atoms with Gasteiger partial charge in [0.1, 0.15) is 6.29 Å². The summed E-state index contributed by atoms with van der Waals surface area (Å²) < 4.78 is 2.37. The van der Waals surface area contributed by atoms with Gasteiger partial charge in [-0.2, -0.15) is 0 Å². The molecule has 0 aliphatic carbocycles. The first-order valence-corrected chi connectivity index (χ1v) is 3.22. The largest absolute Gasteiger partial charge is 0.303 e. The van der Waals surface area contributed by atoms with Gasteiger partial charge in [0, 0.05) is 12.8 Å². The van der Waals surface area contributed by atoms with Crippen molar-refractivity contribution in [2.75, 3.05) is 0 Å². The van der Waals surface area contributed by atoms with Gasteiger partial charge >= 0.3 is 0 Å². The molecule has 46 valence electrons. The third kappa shape index (κ3) is 4.04. The predicted molar refractivity (Wildman–Crippen MR) is 37.5 cm³/mol. The van der Waals surface area contributed by atoms with E-state index in [-0.39, 0.29) is 5.91 Å². The summed E-state index contributed by atoms with van der Waals surface area (Å²) in [5.41, 5.74) is 0. The molecule has 0 atom stereocenters. The van der Waals surface area contributed by atoms with Crippen LogP contribution in [-0.2, 0) is 9.59 Å². The van der Waals surface area contributed by atoms with E-state index in [1.807, 2.05) is 0 Å². The van der Waals surface area contributed by atoms with Crippen LogP contribution in [0.2, 0.25) is 0 Å². The maximum atomic E-state index is 10.3. The number of rotatable bonds is 3. The van der Waals surface area contributed by atoms with E-state index >= 15 is 0 Å². The van der Waals surface area contributed by atoms with E-state index < -0.39 is 0 Å². The third-order valence-electron chi connectivity index (χ3n) is 0.595. The third-order valence-corrected chi connectivity index (χ3v) is 1.20. The summed E-state index contributed by atoms with van der Waals surface area (Å²) in [6.45, 7) is 0. The highest BCUT2D eigenvalue weighted by Crippen LogP contribution is 1.84. The lowest BCUT2D eigenvalue weighted by Gasteiger charge is -1.88. The van der Waals surface area contributed by atoms with Crippen molar-refractivity contribution in [2.45, 2.75) is 12.8 Å². The molecular weight excluding hydrogens is 221 g/mol. The van der Waals surface area contributed by atoms with E-state index in [0.717, 1.165) is 6.29 Å². The van der Waals surface area contributed by atoms with Crippen LogP contribution in [-0.4, -0.2) is 12.2 Å². The molecule has 0 rings (SSSR count). The van der Waals surface area contributed by atoms with Gasteiger partial charge in [0.15, 0.2) is 0 Å². The highest BCUT2D eigenvalue weighted by Gasteiger charge is 1.94. The lowest BCUT2D eigenvalue weighted by atomic mass is 10.3. The highest BCUT2D eigenvalue weighted by atomic mass is 127. The SMILES string of the molecule is O=CCCC(=O)NI. The summed E-state index contributed by atoms with van der Waals surface area (Å²) in [4.78, 5) is 19.9. The Morgan fingerprint density at radius 1 is 1.75 bits per heavy atom. The van der Waals surface area contributed by atoms with Crippen molar-refractivity contribution in [3.8, 4) is 0 Å². The fraction of sp³-hybridized carbons (Fsp3) is 0.500. The molecule has 0 unspecified atom stereocenters. The second kappa shape index (κ2) is 5.02. The van der Waals surface area contributed by atoms with Crippen molar-refractivity contribution < 1.29 is 9.59 Å². The second-order valence-corrected chi connectivity index (χ2v) is 1.76. The molecule has 0 aromatic rings. The number of carbonyl (C=O) groups excluding carboxylic acids is 2. The number of halogens is 1. The molecule has 3 nitrogen and oxygen atoms in total. The summed E-state index contributed by atoms with van der Waals surface area (Å²) in [7, 11) is 0. The molecule has 0 aromatic heterocycles. The van der Waals surface area contributed by atoms with E-state index in [9.17, 15) is 9.59 Å². The Balaban J connectivity index is 3.11. The van der Waals surface area contributed by atoms with E-state index in [2.05, 4.69) is 3.53 Å². The molecule has 0 aliphatic rings. The number of hydrogen-bond donors (Lipinski definition) is 1. The van der Waals surface area contributed by atoms with E-state index in [0.29, 0.717) is 12.8 Å². The predicted octanol–water partition coefficient (Wildman–Crippen LogP) is 0.432. The Morgan fingerprint density at radius 3 is 2.75 bits per heavy atom. The first-order valence-electron chi connectivity index (χ1n) is 2.14. The topological polar surface area (TPSA) is 46.2 Å².